The summed E-state index contributed by atoms with van der Waals surface area (Å²) >= 11 is 0. The summed E-state index contributed by atoms with van der Waals surface area (Å²) in [7, 11) is -3.37. The highest BCUT2D eigenvalue weighted by atomic mass is 28.3. The van der Waals surface area contributed by atoms with Gasteiger partial charge in [-0.05, 0) is 69.4 Å². The third kappa shape index (κ3) is 10.4. The first-order valence-electron chi connectivity index (χ1n) is 16.4. The quantitative estimate of drug-likeness (QED) is 0.0921. The van der Waals surface area contributed by atoms with Gasteiger partial charge in [0.15, 0.2) is 0 Å². The molecule has 4 aromatic rings. The number of hydrogen-bond donors (Lipinski definition) is 0. The third-order valence-corrected chi connectivity index (χ3v) is 12.2. The zero-order valence-electron chi connectivity index (χ0n) is 28.8. The van der Waals surface area contributed by atoms with E-state index in [1.807, 2.05) is 26.0 Å². The first-order valence-corrected chi connectivity index (χ1v) is 19.2. The van der Waals surface area contributed by atoms with Crippen molar-refractivity contribution in [1.29, 1.82) is 0 Å². The number of benzene rings is 4. The molecule has 0 aliphatic heterocycles. The Labute approximate surface area is 280 Å². The van der Waals surface area contributed by atoms with Crippen LogP contribution in [0.3, 0.4) is 0 Å². The van der Waals surface area contributed by atoms with E-state index in [9.17, 15) is 4.79 Å². The molecule has 0 aliphatic carbocycles. The van der Waals surface area contributed by atoms with Gasteiger partial charge in [-0.2, -0.15) is 0 Å². The van der Waals surface area contributed by atoms with Crippen LogP contribution >= 0.6 is 0 Å². The Bertz CT molecular complexity index is 1390. The second-order valence-corrected chi connectivity index (χ2v) is 18.2. The van der Waals surface area contributed by atoms with Gasteiger partial charge in [-0.1, -0.05) is 151 Å². The normalized spacial score (nSPS) is 12.3. The Morgan fingerprint density at radius 3 is 1.30 bits per heavy atom. The van der Waals surface area contributed by atoms with Gasteiger partial charge in [-0.25, -0.2) is 0 Å². The number of carbonyl (C=O) groups is 1. The molecule has 0 aromatic heterocycles. The van der Waals surface area contributed by atoms with Gasteiger partial charge in [-0.15, -0.1) is 0 Å². The van der Waals surface area contributed by atoms with Crippen LogP contribution in [0.4, 0.5) is 0 Å². The fourth-order valence-corrected chi connectivity index (χ4v) is 9.26. The van der Waals surface area contributed by atoms with Crippen molar-refractivity contribution in [2.24, 2.45) is 0 Å². The Hall–Kier alpha value is -3.30. The minimum absolute atomic E-state index is 0.0603. The third-order valence-electron chi connectivity index (χ3n) is 7.78. The highest BCUT2D eigenvalue weighted by molar-refractivity contribution is 6.81. The van der Waals surface area contributed by atoms with E-state index in [0.717, 1.165) is 10.4 Å². The van der Waals surface area contributed by atoms with Crippen molar-refractivity contribution in [3.63, 3.8) is 0 Å². The maximum absolute atomic E-state index is 12.5. The lowest BCUT2D eigenvalue weighted by Gasteiger charge is -2.29. The Morgan fingerprint density at radius 2 is 0.957 bits per heavy atom. The lowest BCUT2D eigenvalue weighted by Crippen LogP contribution is -2.52. The maximum Gasteiger partial charge on any atom is 0.306 e. The molecule has 242 valence electrons. The molecule has 0 heterocycles. The topological polar surface area (TPSA) is 44.8 Å². The second kappa shape index (κ2) is 16.0. The van der Waals surface area contributed by atoms with E-state index in [-0.39, 0.29) is 22.9 Å². The van der Waals surface area contributed by atoms with Crippen molar-refractivity contribution in [1.82, 2.24) is 0 Å². The highest BCUT2D eigenvalue weighted by Gasteiger charge is 2.30. The lowest BCUT2D eigenvalue weighted by molar-refractivity contribution is -0.147. The summed E-state index contributed by atoms with van der Waals surface area (Å²) in [5.74, 6) is -0.188. The zero-order valence-corrected chi connectivity index (χ0v) is 30.8. The minimum Gasteiger partial charge on any atom is -0.463 e. The van der Waals surface area contributed by atoms with Gasteiger partial charge in [0.1, 0.15) is 6.29 Å². The van der Waals surface area contributed by atoms with E-state index in [2.05, 4.69) is 139 Å². The average molecular weight is 651 g/mol. The van der Waals surface area contributed by atoms with Crippen LogP contribution in [-0.2, 0) is 29.2 Å². The van der Waals surface area contributed by atoms with Crippen molar-refractivity contribution >= 4 is 44.8 Å². The molecular formula is C40H50O4Si2. The molecule has 0 fully saturated rings. The minimum atomic E-state index is -1.69. The molecule has 0 saturated carbocycles. The van der Waals surface area contributed by atoms with E-state index in [4.69, 9.17) is 13.6 Å². The molecule has 2 radical (unpaired) electrons. The fraction of sp³-hybridized carbons (Fsp3) is 0.375. The zero-order chi connectivity index (χ0) is 33.3. The van der Waals surface area contributed by atoms with Crippen molar-refractivity contribution < 1.29 is 18.4 Å². The van der Waals surface area contributed by atoms with Gasteiger partial charge in [0, 0.05) is 6.42 Å². The molecule has 4 rings (SSSR count). The summed E-state index contributed by atoms with van der Waals surface area (Å²) in [5, 5.41) is 4.65. The Morgan fingerprint density at radius 1 is 0.587 bits per heavy atom. The molecule has 0 bridgehead atoms. The summed E-state index contributed by atoms with van der Waals surface area (Å²) < 4.78 is 19.7. The molecule has 4 nitrogen and oxygen atoms in total. The fourth-order valence-electron chi connectivity index (χ4n) is 5.17. The van der Waals surface area contributed by atoms with Crippen LogP contribution in [0.15, 0.2) is 109 Å². The second-order valence-electron chi connectivity index (χ2n) is 14.1. The van der Waals surface area contributed by atoms with E-state index in [0.29, 0.717) is 19.3 Å². The van der Waals surface area contributed by atoms with Gasteiger partial charge in [0.05, 0.1) is 6.10 Å². The molecule has 0 atom stereocenters. The number of carbonyl (C=O) groups excluding carboxylic acids is 1. The van der Waals surface area contributed by atoms with Crippen LogP contribution in [0.5, 0.6) is 0 Å². The summed E-state index contributed by atoms with van der Waals surface area (Å²) in [4.78, 5) is 12.5. The molecule has 0 unspecified atom stereocenters. The average Bonchev–Trinajstić information content (AvgIpc) is 3.02. The summed E-state index contributed by atoms with van der Waals surface area (Å²) in [6.07, 6.45) is 0.858. The van der Waals surface area contributed by atoms with Crippen molar-refractivity contribution in [3.05, 3.63) is 120 Å². The Kier molecular flexibility index (Phi) is 12.4. The molecule has 0 aliphatic rings. The Balaban J connectivity index is 1.70. The van der Waals surface area contributed by atoms with Gasteiger partial charge in [0.2, 0.25) is 0 Å². The van der Waals surface area contributed by atoms with Gasteiger partial charge >= 0.3 is 5.97 Å². The maximum atomic E-state index is 12.5. The predicted octanol–water partition coefficient (Wildman–Crippen LogP) is 6.67. The van der Waals surface area contributed by atoms with Crippen LogP contribution < -0.4 is 20.7 Å². The molecule has 0 spiro atoms. The number of hydrogen-bond acceptors (Lipinski definition) is 4. The van der Waals surface area contributed by atoms with Crippen LogP contribution in [0, 0.1) is 0 Å². The SMILES string of the molecule is CC(C)OC(=O)CCCC(O[Si](c1ccccc1)c1ccc(C(C)(C)C)cc1)O[Si](c1ccccc1)c1ccc(C(C)(C)C)cc1. The molecule has 0 amide bonds. The monoisotopic (exact) mass is 650 g/mol. The summed E-state index contributed by atoms with van der Waals surface area (Å²) in [6.45, 7) is 17.2. The van der Waals surface area contributed by atoms with E-state index in [1.54, 1.807) is 0 Å². The van der Waals surface area contributed by atoms with E-state index in [1.165, 1.54) is 21.5 Å². The lowest BCUT2D eigenvalue weighted by atomic mass is 9.87. The summed E-state index contributed by atoms with van der Waals surface area (Å²) in [6, 6.07) is 38.7. The number of ether oxygens (including phenoxy) is 1. The number of esters is 1. The van der Waals surface area contributed by atoms with Crippen LogP contribution in [0.1, 0.15) is 85.8 Å². The van der Waals surface area contributed by atoms with Gasteiger partial charge < -0.3 is 13.6 Å². The van der Waals surface area contributed by atoms with Crippen LogP contribution in [0.2, 0.25) is 0 Å². The molecule has 0 saturated heterocycles. The van der Waals surface area contributed by atoms with Gasteiger partial charge in [0.25, 0.3) is 18.1 Å². The molecule has 46 heavy (non-hydrogen) atoms. The summed E-state index contributed by atoms with van der Waals surface area (Å²) in [5.41, 5.74) is 2.70. The number of rotatable bonds is 13. The standard InChI is InChI=1S/C40H50O4Si2/c1-30(2)42-37(41)20-15-21-38(43-45(33-16-11-9-12-17-33)35-26-22-31(23-27-35)39(3,4)5)44-46(34-18-13-10-14-19-34)36-28-24-32(25-29-36)40(6,7)8/h9-14,16-19,22-30,38H,15,20-21H2,1-8H3. The molecular weight excluding hydrogens is 601 g/mol. The van der Waals surface area contributed by atoms with Crippen molar-refractivity contribution in [2.75, 3.05) is 0 Å². The molecule has 4 aromatic carbocycles. The largest absolute Gasteiger partial charge is 0.463 e. The molecule has 6 heteroatoms. The van der Waals surface area contributed by atoms with Crippen LogP contribution in [0.25, 0.3) is 0 Å². The van der Waals surface area contributed by atoms with Crippen molar-refractivity contribution in [3.8, 4) is 0 Å². The van der Waals surface area contributed by atoms with E-state index >= 15 is 0 Å². The first kappa shape index (κ1) is 35.6. The highest BCUT2D eigenvalue weighted by Crippen LogP contribution is 2.22. The van der Waals surface area contributed by atoms with Gasteiger partial charge in [-0.3, -0.25) is 4.79 Å². The van der Waals surface area contributed by atoms with Crippen molar-refractivity contribution in [2.45, 2.75) is 97.9 Å². The van der Waals surface area contributed by atoms with E-state index < -0.39 is 24.4 Å². The smallest absolute Gasteiger partial charge is 0.306 e. The first-order chi connectivity index (χ1) is 21.8. The predicted molar refractivity (Wildman–Crippen MR) is 194 cm³/mol. The van der Waals surface area contributed by atoms with Crippen LogP contribution in [-0.4, -0.2) is 36.4 Å². The molecule has 0 N–H and O–H groups in total.